The Kier molecular flexibility index (Phi) is 5.87. The number of carbonyl (C=O) groups is 3. The largest absolute Gasteiger partial charge is 0.349 e. The molecule has 2 N–H and O–H groups in total. The van der Waals surface area contributed by atoms with Crippen molar-refractivity contribution in [1.82, 2.24) is 10.3 Å². The number of dihydropyridines is 1. The van der Waals surface area contributed by atoms with Crippen LogP contribution in [0.25, 0.3) is 0 Å². The molecular weight excluding hydrogens is 364 g/mol. The van der Waals surface area contributed by atoms with Gasteiger partial charge in [-0.2, -0.15) is 0 Å². The van der Waals surface area contributed by atoms with Gasteiger partial charge in [-0.15, -0.1) is 11.3 Å². The lowest BCUT2D eigenvalue weighted by molar-refractivity contribution is -0.128. The van der Waals surface area contributed by atoms with Crippen LogP contribution in [0, 0.1) is 5.92 Å². The summed E-state index contributed by atoms with van der Waals surface area (Å²) in [5, 5.41) is 7.56. The first-order chi connectivity index (χ1) is 13.0. The maximum Gasteiger partial charge on any atom is 0.262 e. The second-order valence-corrected chi connectivity index (χ2v) is 6.85. The normalized spacial score (nSPS) is 16.8. The highest BCUT2D eigenvalue weighted by atomic mass is 32.1. The number of nitrogens with one attached hydrogen (secondary N) is 2. The first kappa shape index (κ1) is 18.7. The van der Waals surface area contributed by atoms with Crippen molar-refractivity contribution in [2.24, 2.45) is 10.9 Å². The van der Waals surface area contributed by atoms with Gasteiger partial charge in [0.2, 0.25) is 11.8 Å². The lowest BCUT2D eigenvalue weighted by Crippen LogP contribution is -2.29. The van der Waals surface area contributed by atoms with Crippen molar-refractivity contribution >= 4 is 40.4 Å². The van der Waals surface area contributed by atoms with Gasteiger partial charge in [0.25, 0.3) is 5.91 Å². The van der Waals surface area contributed by atoms with Gasteiger partial charge in [0, 0.05) is 11.6 Å². The molecule has 0 fully saturated rings. The Labute approximate surface area is 160 Å². The van der Waals surface area contributed by atoms with E-state index < -0.39 is 17.7 Å². The Hall–Kier alpha value is -3.13. The first-order valence-electron chi connectivity index (χ1n) is 8.37. The summed E-state index contributed by atoms with van der Waals surface area (Å²) in [7, 11) is 0. The molecule has 138 valence electrons. The predicted octanol–water partition coefficient (Wildman–Crippen LogP) is 2.28. The maximum atomic E-state index is 12.2. The summed E-state index contributed by atoms with van der Waals surface area (Å²) < 4.78 is 0. The van der Waals surface area contributed by atoms with Crippen LogP contribution in [-0.4, -0.2) is 28.9 Å². The van der Waals surface area contributed by atoms with Crippen LogP contribution in [0.2, 0.25) is 0 Å². The number of aliphatic imine (C=N–C) groups is 1. The van der Waals surface area contributed by atoms with E-state index in [0.29, 0.717) is 10.8 Å². The molecule has 7 nitrogen and oxygen atoms in total. The number of hydrogen-bond acceptors (Lipinski definition) is 5. The summed E-state index contributed by atoms with van der Waals surface area (Å²) in [6.07, 6.45) is 4.49. The molecule has 0 spiro atoms. The van der Waals surface area contributed by atoms with Crippen molar-refractivity contribution in [1.29, 1.82) is 0 Å². The second-order valence-electron chi connectivity index (χ2n) is 5.99. The molecule has 2 aromatic rings. The number of benzene rings is 1. The molecule has 27 heavy (non-hydrogen) atoms. The van der Waals surface area contributed by atoms with Crippen molar-refractivity contribution in [3.8, 4) is 0 Å². The number of aromatic nitrogens is 1. The van der Waals surface area contributed by atoms with Gasteiger partial charge >= 0.3 is 0 Å². The summed E-state index contributed by atoms with van der Waals surface area (Å²) >= 11 is 1.20. The SMILES string of the molecule is CC(NC(=O)Cc1csc(NC(=O)C2C=CC=NC2=O)n1)c1ccccc1. The zero-order valence-corrected chi connectivity index (χ0v) is 15.4. The minimum atomic E-state index is -0.947. The topological polar surface area (TPSA) is 101 Å². The molecule has 0 saturated carbocycles. The Balaban J connectivity index is 1.54. The number of carbonyl (C=O) groups excluding carboxylic acids is 3. The molecule has 1 aromatic carbocycles. The van der Waals surface area contributed by atoms with E-state index in [-0.39, 0.29) is 18.4 Å². The van der Waals surface area contributed by atoms with Crippen LogP contribution in [0.5, 0.6) is 0 Å². The summed E-state index contributed by atoms with van der Waals surface area (Å²) in [5.41, 5.74) is 1.57. The molecule has 0 bridgehead atoms. The van der Waals surface area contributed by atoms with Gasteiger partial charge in [-0.25, -0.2) is 9.98 Å². The van der Waals surface area contributed by atoms with E-state index >= 15 is 0 Å². The van der Waals surface area contributed by atoms with E-state index in [1.165, 1.54) is 23.6 Å². The third kappa shape index (κ3) is 4.95. The number of anilines is 1. The Bertz CT molecular complexity index is 905. The third-order valence-electron chi connectivity index (χ3n) is 3.94. The van der Waals surface area contributed by atoms with E-state index in [0.717, 1.165) is 5.56 Å². The molecule has 1 aliphatic rings. The number of thiazole rings is 1. The minimum absolute atomic E-state index is 0.107. The second kappa shape index (κ2) is 8.50. The molecule has 0 radical (unpaired) electrons. The molecular formula is C19H18N4O3S. The standard InChI is InChI=1S/C19H18N4O3S/c1-12(13-6-3-2-4-7-13)21-16(24)10-14-11-27-19(22-14)23-18(26)15-8-5-9-20-17(15)25/h2-9,11-12,15H,10H2,1H3,(H,21,24)(H,22,23,26). The Morgan fingerprint density at radius 2 is 2.04 bits per heavy atom. The smallest absolute Gasteiger partial charge is 0.262 e. The Morgan fingerprint density at radius 1 is 1.26 bits per heavy atom. The number of nitrogens with zero attached hydrogens (tertiary/aromatic N) is 2. The summed E-state index contributed by atoms with van der Waals surface area (Å²) in [4.78, 5) is 43.8. The van der Waals surface area contributed by atoms with Gasteiger partial charge in [0.15, 0.2) is 5.13 Å². The number of hydrogen-bond donors (Lipinski definition) is 2. The van der Waals surface area contributed by atoms with Crippen LogP contribution < -0.4 is 10.6 Å². The van der Waals surface area contributed by atoms with Crippen LogP contribution >= 0.6 is 11.3 Å². The molecule has 0 aliphatic carbocycles. The minimum Gasteiger partial charge on any atom is -0.349 e. The van der Waals surface area contributed by atoms with E-state index in [1.807, 2.05) is 37.3 Å². The molecule has 8 heteroatoms. The molecule has 3 rings (SSSR count). The molecule has 1 aromatic heterocycles. The van der Waals surface area contributed by atoms with E-state index in [2.05, 4.69) is 20.6 Å². The zero-order chi connectivity index (χ0) is 19.2. The van der Waals surface area contributed by atoms with E-state index in [4.69, 9.17) is 0 Å². The fourth-order valence-electron chi connectivity index (χ4n) is 2.55. The quantitative estimate of drug-likeness (QED) is 0.749. The lowest BCUT2D eigenvalue weighted by Gasteiger charge is -2.13. The van der Waals surface area contributed by atoms with E-state index in [1.54, 1.807) is 11.5 Å². The van der Waals surface area contributed by atoms with Crippen LogP contribution in [0.3, 0.4) is 0 Å². The lowest BCUT2D eigenvalue weighted by atomic mass is 10.1. The summed E-state index contributed by atoms with van der Waals surface area (Å²) in [6, 6.07) is 9.56. The van der Waals surface area contributed by atoms with Gasteiger partial charge < -0.3 is 10.6 Å². The average molecular weight is 382 g/mol. The fourth-order valence-corrected chi connectivity index (χ4v) is 3.26. The van der Waals surface area contributed by atoms with Crippen molar-refractivity contribution in [2.45, 2.75) is 19.4 Å². The number of amides is 3. The van der Waals surface area contributed by atoms with Crippen molar-refractivity contribution in [2.75, 3.05) is 5.32 Å². The van der Waals surface area contributed by atoms with Crippen LogP contribution in [0.15, 0.2) is 52.9 Å². The maximum absolute atomic E-state index is 12.2. The highest BCUT2D eigenvalue weighted by Crippen LogP contribution is 2.18. The van der Waals surface area contributed by atoms with Crippen molar-refractivity contribution in [3.05, 3.63) is 59.1 Å². The van der Waals surface area contributed by atoms with Gasteiger partial charge in [-0.1, -0.05) is 36.4 Å². The molecule has 2 heterocycles. The zero-order valence-electron chi connectivity index (χ0n) is 14.6. The highest BCUT2D eigenvalue weighted by molar-refractivity contribution is 7.14. The van der Waals surface area contributed by atoms with Crippen LogP contribution in [0.1, 0.15) is 24.2 Å². The van der Waals surface area contributed by atoms with Crippen LogP contribution in [0.4, 0.5) is 5.13 Å². The number of rotatable bonds is 6. The Morgan fingerprint density at radius 3 is 2.78 bits per heavy atom. The molecule has 1 aliphatic heterocycles. The first-order valence-corrected chi connectivity index (χ1v) is 9.25. The fraction of sp³-hybridized carbons (Fsp3) is 0.211. The van der Waals surface area contributed by atoms with Gasteiger partial charge in [0.05, 0.1) is 18.2 Å². The predicted molar refractivity (Wildman–Crippen MR) is 104 cm³/mol. The molecule has 3 amide bonds. The molecule has 0 saturated heterocycles. The van der Waals surface area contributed by atoms with Crippen molar-refractivity contribution < 1.29 is 14.4 Å². The average Bonchev–Trinajstić information content (AvgIpc) is 3.09. The summed E-state index contributed by atoms with van der Waals surface area (Å²) in [5.74, 6) is -2.11. The summed E-state index contributed by atoms with van der Waals surface area (Å²) in [6.45, 7) is 1.91. The third-order valence-corrected chi connectivity index (χ3v) is 4.75. The monoisotopic (exact) mass is 382 g/mol. The highest BCUT2D eigenvalue weighted by Gasteiger charge is 2.25. The van der Waals surface area contributed by atoms with Crippen LogP contribution in [-0.2, 0) is 20.8 Å². The van der Waals surface area contributed by atoms with E-state index in [9.17, 15) is 14.4 Å². The van der Waals surface area contributed by atoms with Gasteiger partial charge in [-0.05, 0) is 18.6 Å². The molecule has 2 unspecified atom stereocenters. The van der Waals surface area contributed by atoms with Gasteiger partial charge in [0.1, 0.15) is 5.92 Å². The van der Waals surface area contributed by atoms with Gasteiger partial charge in [-0.3, -0.25) is 14.4 Å². The van der Waals surface area contributed by atoms with Crippen molar-refractivity contribution in [3.63, 3.8) is 0 Å². The number of allylic oxidation sites excluding steroid dienone is 1. The molecule has 2 atom stereocenters.